The highest BCUT2D eigenvalue weighted by atomic mass is 16.5. The van der Waals surface area contributed by atoms with Crippen molar-refractivity contribution in [3.8, 4) is 11.8 Å². The fourth-order valence-corrected chi connectivity index (χ4v) is 1.36. The topological polar surface area (TPSA) is 29.5 Å². The molecule has 1 aromatic rings. The van der Waals surface area contributed by atoms with Crippen molar-refractivity contribution in [1.29, 1.82) is 0 Å². The summed E-state index contributed by atoms with van der Waals surface area (Å²) in [5.74, 6) is 4.78. The van der Waals surface area contributed by atoms with E-state index in [2.05, 4.69) is 24.0 Å². The highest BCUT2D eigenvalue weighted by Gasteiger charge is 1.98. The molecular formula is C14H17NO2. The summed E-state index contributed by atoms with van der Waals surface area (Å²) in [6.07, 6.45) is 0. The Kier molecular flexibility index (Phi) is 5.84. The first-order chi connectivity index (χ1) is 8.22. The minimum atomic E-state index is -0.458. The molecule has 90 valence electrons. The first-order valence-electron chi connectivity index (χ1n) is 5.60. The zero-order valence-electron chi connectivity index (χ0n) is 10.3. The first-order valence-corrected chi connectivity index (χ1v) is 5.60. The van der Waals surface area contributed by atoms with Crippen molar-refractivity contribution < 1.29 is 9.53 Å². The number of hydrogen-bond acceptors (Lipinski definition) is 3. The Bertz CT molecular complexity index is 403. The van der Waals surface area contributed by atoms with Crippen molar-refractivity contribution in [3.05, 3.63) is 35.9 Å². The molecular weight excluding hydrogens is 214 g/mol. The van der Waals surface area contributed by atoms with Crippen molar-refractivity contribution in [2.45, 2.75) is 13.5 Å². The normalized spacial score (nSPS) is 9.59. The van der Waals surface area contributed by atoms with Gasteiger partial charge < -0.3 is 4.74 Å². The van der Waals surface area contributed by atoms with Gasteiger partial charge in [-0.15, -0.1) is 0 Å². The number of benzene rings is 1. The van der Waals surface area contributed by atoms with Crippen LogP contribution in [0.1, 0.15) is 12.5 Å². The largest absolute Gasteiger partial charge is 0.456 e. The van der Waals surface area contributed by atoms with Crippen LogP contribution in [0, 0.1) is 11.8 Å². The molecule has 1 aromatic carbocycles. The maximum atomic E-state index is 11.0. The number of rotatable bonds is 4. The molecule has 0 saturated heterocycles. The predicted octanol–water partition coefficient (Wildman–Crippen LogP) is 1.68. The third-order valence-corrected chi connectivity index (χ3v) is 2.11. The van der Waals surface area contributed by atoms with Gasteiger partial charge in [-0.1, -0.05) is 36.3 Å². The molecule has 0 aliphatic heterocycles. The van der Waals surface area contributed by atoms with Gasteiger partial charge in [0.15, 0.2) is 0 Å². The van der Waals surface area contributed by atoms with E-state index in [4.69, 9.17) is 4.74 Å². The molecule has 17 heavy (non-hydrogen) atoms. The van der Waals surface area contributed by atoms with Crippen molar-refractivity contribution >= 4 is 5.97 Å². The minimum absolute atomic E-state index is 0.368. The van der Waals surface area contributed by atoms with E-state index in [-0.39, 0.29) is 0 Å². The lowest BCUT2D eigenvalue weighted by Gasteiger charge is -2.12. The molecule has 0 aromatic heterocycles. The molecule has 3 heteroatoms. The van der Waals surface area contributed by atoms with Gasteiger partial charge in [0.2, 0.25) is 0 Å². The lowest BCUT2D eigenvalue weighted by Crippen LogP contribution is -2.18. The summed E-state index contributed by atoms with van der Waals surface area (Å²) in [6.45, 7) is 3.50. The molecule has 0 heterocycles. The molecule has 0 amide bonds. The molecule has 0 unspecified atom stereocenters. The fraction of sp³-hybridized carbons (Fsp3) is 0.357. The van der Waals surface area contributed by atoms with Gasteiger partial charge in [-0.3, -0.25) is 4.90 Å². The molecule has 0 aliphatic rings. The number of hydrogen-bond donors (Lipinski definition) is 0. The quantitative estimate of drug-likeness (QED) is 0.448. The van der Waals surface area contributed by atoms with Crippen molar-refractivity contribution in [3.63, 3.8) is 0 Å². The Morgan fingerprint density at radius 3 is 2.71 bits per heavy atom. The van der Waals surface area contributed by atoms with Gasteiger partial charge in [0.25, 0.3) is 0 Å². The van der Waals surface area contributed by atoms with E-state index in [1.165, 1.54) is 5.56 Å². The lowest BCUT2D eigenvalue weighted by atomic mass is 10.2. The number of carbonyl (C=O) groups excluding carboxylic acids is 1. The third-order valence-electron chi connectivity index (χ3n) is 2.11. The van der Waals surface area contributed by atoms with E-state index in [0.29, 0.717) is 13.2 Å². The second-order valence-corrected chi connectivity index (χ2v) is 3.68. The summed E-state index contributed by atoms with van der Waals surface area (Å²) >= 11 is 0. The van der Waals surface area contributed by atoms with Crippen molar-refractivity contribution in [2.24, 2.45) is 0 Å². The Labute approximate surface area is 102 Å². The molecule has 0 radical (unpaired) electrons. The smallest absolute Gasteiger partial charge is 0.384 e. The van der Waals surface area contributed by atoms with Gasteiger partial charge in [0, 0.05) is 12.5 Å². The van der Waals surface area contributed by atoms with E-state index in [1.54, 1.807) is 6.92 Å². The summed E-state index contributed by atoms with van der Waals surface area (Å²) in [5, 5.41) is 0. The van der Waals surface area contributed by atoms with Crippen molar-refractivity contribution in [1.82, 2.24) is 4.90 Å². The van der Waals surface area contributed by atoms with Gasteiger partial charge in [-0.25, -0.2) is 4.79 Å². The van der Waals surface area contributed by atoms with Gasteiger partial charge in [-0.05, 0) is 19.5 Å². The van der Waals surface area contributed by atoms with Crippen LogP contribution in [0.25, 0.3) is 0 Å². The van der Waals surface area contributed by atoms with Crippen LogP contribution in [0.5, 0.6) is 0 Å². The average Bonchev–Trinajstić information content (AvgIpc) is 2.30. The fourth-order valence-electron chi connectivity index (χ4n) is 1.36. The minimum Gasteiger partial charge on any atom is -0.456 e. The van der Waals surface area contributed by atoms with Crippen LogP contribution in [0.3, 0.4) is 0 Å². The Morgan fingerprint density at radius 2 is 2.06 bits per heavy atom. The van der Waals surface area contributed by atoms with E-state index in [0.717, 1.165) is 6.54 Å². The van der Waals surface area contributed by atoms with Gasteiger partial charge in [-0.2, -0.15) is 0 Å². The lowest BCUT2D eigenvalue weighted by molar-refractivity contribution is -0.136. The molecule has 0 N–H and O–H groups in total. The molecule has 0 saturated carbocycles. The van der Waals surface area contributed by atoms with Crippen LogP contribution in [0.4, 0.5) is 0 Å². The standard InChI is InChI=1S/C14H17NO2/c1-3-17-14(16)10-7-11-15(2)12-13-8-5-4-6-9-13/h4-6,8-9H,3,11-12H2,1-2H3. The van der Waals surface area contributed by atoms with Gasteiger partial charge in [0.1, 0.15) is 0 Å². The summed E-state index contributed by atoms with van der Waals surface area (Å²) in [6, 6.07) is 10.1. The average molecular weight is 231 g/mol. The second-order valence-electron chi connectivity index (χ2n) is 3.68. The zero-order chi connectivity index (χ0) is 12.5. The maximum absolute atomic E-state index is 11.0. The van der Waals surface area contributed by atoms with Gasteiger partial charge >= 0.3 is 5.97 Å². The number of nitrogens with zero attached hydrogens (tertiary/aromatic N) is 1. The maximum Gasteiger partial charge on any atom is 0.384 e. The third kappa shape index (κ3) is 5.74. The molecule has 0 bridgehead atoms. The van der Waals surface area contributed by atoms with Gasteiger partial charge in [0.05, 0.1) is 13.2 Å². The van der Waals surface area contributed by atoms with E-state index in [9.17, 15) is 4.79 Å². The van der Waals surface area contributed by atoms with E-state index in [1.807, 2.05) is 30.1 Å². The molecule has 0 fully saturated rings. The molecule has 1 rings (SSSR count). The summed E-state index contributed by atoms with van der Waals surface area (Å²) in [5.41, 5.74) is 1.23. The van der Waals surface area contributed by atoms with E-state index < -0.39 is 5.97 Å². The number of ether oxygens (including phenoxy) is 1. The number of carbonyl (C=O) groups is 1. The highest BCUT2D eigenvalue weighted by Crippen LogP contribution is 2.01. The van der Waals surface area contributed by atoms with Crippen LogP contribution < -0.4 is 0 Å². The highest BCUT2D eigenvalue weighted by molar-refractivity contribution is 5.88. The monoisotopic (exact) mass is 231 g/mol. The summed E-state index contributed by atoms with van der Waals surface area (Å²) < 4.78 is 4.71. The number of esters is 1. The summed E-state index contributed by atoms with van der Waals surface area (Å²) in [4.78, 5) is 13.0. The molecule has 0 spiro atoms. The molecule has 0 aliphatic carbocycles. The van der Waals surface area contributed by atoms with Crippen LogP contribution in [-0.2, 0) is 16.1 Å². The Morgan fingerprint density at radius 1 is 1.35 bits per heavy atom. The van der Waals surface area contributed by atoms with Crippen LogP contribution in [0.15, 0.2) is 30.3 Å². The van der Waals surface area contributed by atoms with Crippen molar-refractivity contribution in [2.75, 3.05) is 20.2 Å². The first kappa shape index (κ1) is 13.3. The summed E-state index contributed by atoms with van der Waals surface area (Å²) in [7, 11) is 1.97. The Balaban J connectivity index is 2.35. The van der Waals surface area contributed by atoms with Crippen LogP contribution >= 0.6 is 0 Å². The Hall–Kier alpha value is -1.79. The zero-order valence-corrected chi connectivity index (χ0v) is 10.3. The molecule has 0 atom stereocenters. The van der Waals surface area contributed by atoms with E-state index >= 15 is 0 Å². The van der Waals surface area contributed by atoms with Crippen LogP contribution in [0.2, 0.25) is 0 Å². The second kappa shape index (κ2) is 7.48. The van der Waals surface area contributed by atoms with Crippen LogP contribution in [-0.4, -0.2) is 31.1 Å². The SMILES string of the molecule is CCOC(=O)C#CCN(C)Cc1ccccc1. The predicted molar refractivity (Wildman–Crippen MR) is 67.2 cm³/mol. The molecule has 3 nitrogen and oxygen atoms in total.